The van der Waals surface area contributed by atoms with E-state index in [1.165, 1.54) is 4.90 Å². The van der Waals surface area contributed by atoms with E-state index in [0.717, 1.165) is 12.8 Å². The quantitative estimate of drug-likeness (QED) is 0.739. The smallest absolute Gasteiger partial charge is 0.341 e. The van der Waals surface area contributed by atoms with Crippen LogP contribution in [-0.4, -0.2) is 36.6 Å². The second-order valence-electron chi connectivity index (χ2n) is 3.64. The second-order valence-corrected chi connectivity index (χ2v) is 3.64. The summed E-state index contributed by atoms with van der Waals surface area (Å²) in [6, 6.07) is 0. The van der Waals surface area contributed by atoms with E-state index in [-0.39, 0.29) is 6.54 Å². The van der Waals surface area contributed by atoms with Crippen LogP contribution in [0.15, 0.2) is 0 Å². The molecule has 0 saturated heterocycles. The molecule has 0 aliphatic rings. The molecule has 0 aromatic carbocycles. The maximum absolute atomic E-state index is 11.9. The van der Waals surface area contributed by atoms with Crippen molar-refractivity contribution in [1.82, 2.24) is 4.90 Å². The fourth-order valence-electron chi connectivity index (χ4n) is 1.27. The minimum absolute atomic E-state index is 0.279. The average molecular weight is 240 g/mol. The van der Waals surface area contributed by atoms with Crippen LogP contribution < -0.4 is 5.73 Å². The predicted octanol–water partition coefficient (Wildman–Crippen LogP) is 1.92. The molecule has 6 heteroatoms. The van der Waals surface area contributed by atoms with Crippen LogP contribution in [0.3, 0.4) is 0 Å². The molecule has 3 nitrogen and oxygen atoms in total. The zero-order valence-corrected chi connectivity index (χ0v) is 9.52. The van der Waals surface area contributed by atoms with E-state index < -0.39 is 24.9 Å². The van der Waals surface area contributed by atoms with Gasteiger partial charge in [-0.2, -0.15) is 13.2 Å². The Morgan fingerprint density at radius 3 is 2.38 bits per heavy atom. The summed E-state index contributed by atoms with van der Waals surface area (Å²) in [6.07, 6.45) is -4.12. The third-order valence-corrected chi connectivity index (χ3v) is 2.16. The Morgan fingerprint density at radius 1 is 1.31 bits per heavy atom. The van der Waals surface area contributed by atoms with Crippen LogP contribution in [-0.2, 0) is 4.79 Å². The van der Waals surface area contributed by atoms with E-state index in [0.29, 0.717) is 13.1 Å². The van der Waals surface area contributed by atoms with Gasteiger partial charge in [-0.15, -0.1) is 0 Å². The van der Waals surface area contributed by atoms with Gasteiger partial charge in [0, 0.05) is 26.1 Å². The molecule has 0 aromatic heterocycles. The number of nitrogens with two attached hydrogens (primary N) is 1. The normalized spacial score (nSPS) is 11.6. The molecule has 0 radical (unpaired) electrons. The molecule has 16 heavy (non-hydrogen) atoms. The number of alkyl halides is 3. The van der Waals surface area contributed by atoms with Crippen molar-refractivity contribution >= 4 is 5.91 Å². The first-order chi connectivity index (χ1) is 7.40. The van der Waals surface area contributed by atoms with Crippen LogP contribution in [0.5, 0.6) is 0 Å². The maximum atomic E-state index is 11.9. The molecule has 0 bridgehead atoms. The Balaban J connectivity index is 4.05. The highest BCUT2D eigenvalue weighted by Gasteiger charge is 2.28. The molecular weight excluding hydrogens is 221 g/mol. The van der Waals surface area contributed by atoms with Gasteiger partial charge in [0.05, 0.1) is 6.42 Å². The minimum atomic E-state index is -4.27. The first-order valence-corrected chi connectivity index (χ1v) is 5.45. The van der Waals surface area contributed by atoms with Crippen molar-refractivity contribution < 1.29 is 18.0 Å². The van der Waals surface area contributed by atoms with E-state index in [2.05, 4.69) is 0 Å². The number of carbonyl (C=O) groups is 1. The number of hydrogen-bond donors (Lipinski definition) is 1. The molecule has 0 aliphatic heterocycles. The first kappa shape index (κ1) is 15.2. The summed E-state index contributed by atoms with van der Waals surface area (Å²) in [7, 11) is 0. The van der Waals surface area contributed by atoms with Crippen molar-refractivity contribution in [2.45, 2.75) is 38.8 Å². The molecule has 0 spiro atoms. The molecule has 0 aromatic rings. The van der Waals surface area contributed by atoms with E-state index in [9.17, 15) is 18.0 Å². The van der Waals surface area contributed by atoms with Crippen LogP contribution in [0.1, 0.15) is 32.6 Å². The Hall–Kier alpha value is -0.780. The summed E-state index contributed by atoms with van der Waals surface area (Å²) >= 11 is 0. The minimum Gasteiger partial charge on any atom is -0.341 e. The van der Waals surface area contributed by atoms with Gasteiger partial charge in [0.1, 0.15) is 0 Å². The molecule has 0 fully saturated rings. The summed E-state index contributed by atoms with van der Waals surface area (Å²) < 4.78 is 35.8. The third-order valence-electron chi connectivity index (χ3n) is 2.16. The highest BCUT2D eigenvalue weighted by Crippen LogP contribution is 2.21. The van der Waals surface area contributed by atoms with Gasteiger partial charge >= 0.3 is 6.18 Å². The van der Waals surface area contributed by atoms with Crippen molar-refractivity contribution in [3.63, 3.8) is 0 Å². The predicted molar refractivity (Wildman–Crippen MR) is 55.8 cm³/mol. The molecule has 0 heterocycles. The zero-order valence-electron chi connectivity index (χ0n) is 9.52. The zero-order chi connectivity index (χ0) is 12.6. The highest BCUT2D eigenvalue weighted by atomic mass is 19.4. The van der Waals surface area contributed by atoms with Crippen molar-refractivity contribution in [2.75, 3.05) is 19.6 Å². The third kappa shape index (κ3) is 7.50. The van der Waals surface area contributed by atoms with E-state index in [1.807, 2.05) is 6.92 Å². The summed E-state index contributed by atoms with van der Waals surface area (Å²) in [4.78, 5) is 12.9. The van der Waals surface area contributed by atoms with Gasteiger partial charge in [-0.05, 0) is 6.42 Å². The second kappa shape index (κ2) is 7.49. The van der Waals surface area contributed by atoms with Gasteiger partial charge in [0.15, 0.2) is 0 Å². The Bertz CT molecular complexity index is 207. The topological polar surface area (TPSA) is 46.3 Å². The SMILES string of the molecule is CCCCN(CCN)C(=O)CCC(F)(F)F. The fourth-order valence-corrected chi connectivity index (χ4v) is 1.27. The molecule has 0 saturated carbocycles. The molecule has 0 unspecified atom stereocenters. The average Bonchev–Trinajstić information content (AvgIpc) is 2.19. The van der Waals surface area contributed by atoms with Gasteiger partial charge in [-0.25, -0.2) is 0 Å². The van der Waals surface area contributed by atoms with Gasteiger partial charge < -0.3 is 10.6 Å². The lowest BCUT2D eigenvalue weighted by molar-refractivity contribution is -0.149. The standard InChI is InChI=1S/C10H19F3N2O/c1-2-3-7-15(8-6-14)9(16)4-5-10(11,12)13/h2-8,14H2,1H3. The largest absolute Gasteiger partial charge is 0.389 e. The molecule has 96 valence electrons. The van der Waals surface area contributed by atoms with Crippen molar-refractivity contribution in [3.05, 3.63) is 0 Å². The number of rotatable bonds is 7. The number of amides is 1. The highest BCUT2D eigenvalue weighted by molar-refractivity contribution is 5.76. The summed E-state index contributed by atoms with van der Waals surface area (Å²) in [5, 5.41) is 0. The summed E-state index contributed by atoms with van der Waals surface area (Å²) in [6.45, 7) is 3.06. The Morgan fingerprint density at radius 2 is 1.94 bits per heavy atom. The molecular formula is C10H19F3N2O. The van der Waals surface area contributed by atoms with Crippen LogP contribution in [0.2, 0.25) is 0 Å². The van der Waals surface area contributed by atoms with Crippen LogP contribution in [0.25, 0.3) is 0 Å². The van der Waals surface area contributed by atoms with E-state index in [1.54, 1.807) is 0 Å². The molecule has 0 rings (SSSR count). The Labute approximate surface area is 93.8 Å². The summed E-state index contributed by atoms with van der Waals surface area (Å²) in [5.41, 5.74) is 5.30. The van der Waals surface area contributed by atoms with Crippen molar-refractivity contribution in [2.24, 2.45) is 5.73 Å². The van der Waals surface area contributed by atoms with Gasteiger partial charge in [0.25, 0.3) is 0 Å². The monoisotopic (exact) mass is 240 g/mol. The number of nitrogens with zero attached hydrogens (tertiary/aromatic N) is 1. The van der Waals surface area contributed by atoms with Crippen LogP contribution in [0, 0.1) is 0 Å². The van der Waals surface area contributed by atoms with Gasteiger partial charge in [-0.1, -0.05) is 13.3 Å². The number of halogens is 3. The fraction of sp³-hybridized carbons (Fsp3) is 0.900. The van der Waals surface area contributed by atoms with Gasteiger partial charge in [-0.3, -0.25) is 4.79 Å². The van der Waals surface area contributed by atoms with Gasteiger partial charge in [0.2, 0.25) is 5.91 Å². The number of hydrogen-bond acceptors (Lipinski definition) is 2. The Kier molecular flexibility index (Phi) is 7.12. The molecule has 0 atom stereocenters. The lowest BCUT2D eigenvalue weighted by Crippen LogP contribution is -2.36. The van der Waals surface area contributed by atoms with Crippen LogP contribution >= 0.6 is 0 Å². The molecule has 2 N–H and O–H groups in total. The maximum Gasteiger partial charge on any atom is 0.389 e. The van der Waals surface area contributed by atoms with E-state index in [4.69, 9.17) is 5.73 Å². The first-order valence-electron chi connectivity index (χ1n) is 5.45. The molecule has 0 aliphatic carbocycles. The lowest BCUT2D eigenvalue weighted by atomic mass is 10.2. The van der Waals surface area contributed by atoms with Crippen molar-refractivity contribution in [1.29, 1.82) is 0 Å². The number of unbranched alkanes of at least 4 members (excludes halogenated alkanes) is 1. The van der Waals surface area contributed by atoms with Crippen LogP contribution in [0.4, 0.5) is 13.2 Å². The number of carbonyl (C=O) groups excluding carboxylic acids is 1. The lowest BCUT2D eigenvalue weighted by Gasteiger charge is -2.22. The van der Waals surface area contributed by atoms with Crippen molar-refractivity contribution in [3.8, 4) is 0 Å². The molecule has 1 amide bonds. The summed E-state index contributed by atoms with van der Waals surface area (Å²) in [5.74, 6) is -0.462. The van der Waals surface area contributed by atoms with E-state index >= 15 is 0 Å².